The maximum atomic E-state index is 13.2. The molecule has 14 heteroatoms. The molecule has 2 N–H and O–H groups in total. The first-order valence-corrected chi connectivity index (χ1v) is 19.1. The largest absolute Gasteiger partial charge is 0.351 e. The number of amides is 4. The van der Waals surface area contributed by atoms with Gasteiger partial charge in [0.15, 0.2) is 0 Å². The van der Waals surface area contributed by atoms with Crippen molar-refractivity contribution in [2.24, 2.45) is 7.05 Å². The third kappa shape index (κ3) is 6.97. The molecule has 0 aliphatic carbocycles. The highest BCUT2D eigenvalue weighted by atomic mass is 16.2. The van der Waals surface area contributed by atoms with Crippen LogP contribution in [0.15, 0.2) is 71.8 Å². The summed E-state index contributed by atoms with van der Waals surface area (Å²) < 4.78 is 5.17. The number of hydrogen-bond acceptors (Lipinski definition) is 8. The lowest BCUT2D eigenvalue weighted by Gasteiger charge is -2.28. The van der Waals surface area contributed by atoms with E-state index in [-0.39, 0.29) is 41.9 Å². The maximum Gasteiger partial charge on any atom is 0.329 e. The van der Waals surface area contributed by atoms with E-state index in [0.29, 0.717) is 49.1 Å². The van der Waals surface area contributed by atoms with Crippen LogP contribution in [0, 0.1) is 11.8 Å². The van der Waals surface area contributed by atoms with Gasteiger partial charge in [-0.3, -0.25) is 43.6 Å². The maximum absolute atomic E-state index is 13.2. The summed E-state index contributed by atoms with van der Waals surface area (Å²) in [5.74, 6) is 6.24. The molecule has 0 spiro atoms. The van der Waals surface area contributed by atoms with Crippen molar-refractivity contribution in [2.45, 2.75) is 65.1 Å². The number of piperidine rings is 1. The summed E-state index contributed by atoms with van der Waals surface area (Å²) in [7, 11) is 1.64. The molecule has 8 rings (SSSR count). The van der Waals surface area contributed by atoms with E-state index in [1.165, 1.54) is 9.13 Å². The molecule has 14 nitrogen and oxygen atoms in total. The number of unbranched alkanes of at least 4 members (excludes halogenated alkanes) is 1. The third-order valence-corrected chi connectivity index (χ3v) is 10.8. The van der Waals surface area contributed by atoms with Crippen molar-refractivity contribution in [1.29, 1.82) is 0 Å². The molecule has 1 fully saturated rings. The Morgan fingerprint density at radius 2 is 1.86 bits per heavy atom. The number of para-hydroxylation sites is 1. The number of imide groups is 1. The van der Waals surface area contributed by atoms with E-state index in [0.717, 1.165) is 57.8 Å². The molecule has 6 heterocycles. The first-order valence-electron chi connectivity index (χ1n) is 19.1. The van der Waals surface area contributed by atoms with Crippen LogP contribution in [0.5, 0.6) is 0 Å². The lowest BCUT2D eigenvalue weighted by Crippen LogP contribution is -2.44. The summed E-state index contributed by atoms with van der Waals surface area (Å²) in [5.41, 5.74) is 6.19. The highest BCUT2D eigenvalue weighted by molar-refractivity contribution is 6.00. The molecule has 1 unspecified atom stereocenters. The van der Waals surface area contributed by atoms with Crippen LogP contribution in [-0.2, 0) is 40.9 Å². The minimum absolute atomic E-state index is 0.0549. The molecule has 1 atom stereocenters. The van der Waals surface area contributed by atoms with Gasteiger partial charge in [-0.2, -0.15) is 0 Å². The summed E-state index contributed by atoms with van der Waals surface area (Å²) in [5, 5.41) is 7.19. The predicted octanol–water partition coefficient (Wildman–Crippen LogP) is 4.28. The van der Waals surface area contributed by atoms with Crippen molar-refractivity contribution < 1.29 is 19.2 Å². The van der Waals surface area contributed by atoms with Crippen molar-refractivity contribution in [3.8, 4) is 34.4 Å². The fourth-order valence-corrected chi connectivity index (χ4v) is 7.81. The number of benzene rings is 2. The normalized spacial score (nSPS) is 15.3. The average Bonchev–Trinajstić information content (AvgIpc) is 3.72. The first kappa shape index (κ1) is 37.1. The highest BCUT2D eigenvalue weighted by Crippen LogP contribution is 2.34. The van der Waals surface area contributed by atoms with Gasteiger partial charge in [-0.05, 0) is 48.6 Å². The van der Waals surface area contributed by atoms with Gasteiger partial charge in [0, 0.05) is 81.8 Å². The van der Waals surface area contributed by atoms with E-state index in [1.54, 1.807) is 38.4 Å². The van der Waals surface area contributed by atoms with E-state index in [9.17, 15) is 24.0 Å². The zero-order valence-corrected chi connectivity index (χ0v) is 32.0. The average molecular weight is 764 g/mol. The van der Waals surface area contributed by atoms with E-state index in [4.69, 9.17) is 9.97 Å². The lowest BCUT2D eigenvalue weighted by molar-refractivity contribution is -0.135. The second-order valence-electron chi connectivity index (χ2n) is 14.3. The van der Waals surface area contributed by atoms with Crippen LogP contribution in [0.25, 0.3) is 44.3 Å². The molecule has 0 bridgehead atoms. The van der Waals surface area contributed by atoms with E-state index in [1.807, 2.05) is 41.4 Å². The molecule has 57 heavy (non-hydrogen) atoms. The van der Waals surface area contributed by atoms with Crippen molar-refractivity contribution in [1.82, 2.24) is 44.2 Å². The standard InChI is InChI=1S/C43H41N9O5/c1-4-37-47-39(36-25-50(26(2)53)20-21-51(36)37)30-13-8-12-28-22-33(46-24-31(28)30)29-15-16-32(45-23-29)41(55)44-19-7-5-6-10-27-11-9-14-34-40(27)49(3)43(57)52(34)35-17-18-38(54)48-42(35)56/h8-9,11-16,22-24,35H,4-5,7,17-21,25H2,1-3H3,(H,44,55)(H,48,54,56). The van der Waals surface area contributed by atoms with Gasteiger partial charge in [0.1, 0.15) is 17.6 Å². The van der Waals surface area contributed by atoms with Gasteiger partial charge in [-0.15, -0.1) is 0 Å². The number of aryl methyl sites for hydroxylation is 2. The van der Waals surface area contributed by atoms with Crippen LogP contribution in [0.4, 0.5) is 0 Å². The van der Waals surface area contributed by atoms with Gasteiger partial charge < -0.3 is 14.8 Å². The summed E-state index contributed by atoms with van der Waals surface area (Å²) in [6.07, 6.45) is 5.82. The molecule has 2 aliphatic rings. The quantitative estimate of drug-likeness (QED) is 0.132. The fraction of sp³-hybridized carbons (Fsp3) is 0.302. The first-order chi connectivity index (χ1) is 27.6. The number of rotatable bonds is 8. The Hall–Kier alpha value is -6.88. The topological polar surface area (TPSA) is 166 Å². The van der Waals surface area contributed by atoms with Crippen molar-refractivity contribution in [3.63, 3.8) is 0 Å². The fourth-order valence-electron chi connectivity index (χ4n) is 7.81. The van der Waals surface area contributed by atoms with Gasteiger partial charge in [0.05, 0.1) is 40.2 Å². The zero-order valence-electron chi connectivity index (χ0n) is 32.0. The molecule has 0 saturated carbocycles. The van der Waals surface area contributed by atoms with Crippen molar-refractivity contribution in [2.75, 3.05) is 13.1 Å². The van der Waals surface area contributed by atoms with E-state index >= 15 is 0 Å². The Bertz CT molecular complexity index is 2730. The van der Waals surface area contributed by atoms with Crippen LogP contribution in [0.3, 0.4) is 0 Å². The van der Waals surface area contributed by atoms with Gasteiger partial charge in [-0.25, -0.2) is 9.78 Å². The summed E-state index contributed by atoms with van der Waals surface area (Å²) >= 11 is 0. The number of carbonyl (C=O) groups is 4. The van der Waals surface area contributed by atoms with E-state index < -0.39 is 11.9 Å². The van der Waals surface area contributed by atoms with Crippen molar-refractivity contribution in [3.05, 3.63) is 100 Å². The minimum Gasteiger partial charge on any atom is -0.351 e. The number of nitrogens with zero attached hydrogens (tertiary/aromatic N) is 7. The molecular formula is C43H41N9O5. The number of pyridine rings is 2. The minimum atomic E-state index is -0.766. The Labute approximate surface area is 327 Å². The smallest absolute Gasteiger partial charge is 0.329 e. The van der Waals surface area contributed by atoms with Crippen LogP contribution in [-0.4, -0.2) is 70.3 Å². The number of imidazole rings is 2. The summed E-state index contributed by atoms with van der Waals surface area (Å²) in [6.45, 7) is 6.02. The Kier molecular flexibility index (Phi) is 9.97. The van der Waals surface area contributed by atoms with Crippen molar-refractivity contribution >= 4 is 45.4 Å². The number of fused-ring (bicyclic) bond motifs is 3. The van der Waals surface area contributed by atoms with E-state index in [2.05, 4.69) is 45.0 Å². The van der Waals surface area contributed by atoms with Crippen LogP contribution < -0.4 is 16.3 Å². The second kappa shape index (κ2) is 15.3. The summed E-state index contributed by atoms with van der Waals surface area (Å²) in [4.78, 5) is 78.6. The molecular weight excluding hydrogens is 723 g/mol. The second-order valence-corrected chi connectivity index (χ2v) is 14.3. The Morgan fingerprint density at radius 1 is 1.02 bits per heavy atom. The zero-order chi connectivity index (χ0) is 39.8. The molecule has 4 amide bonds. The lowest BCUT2D eigenvalue weighted by atomic mass is 10.0. The SMILES string of the molecule is CCc1nc(-c2cccc3cc(-c4ccc(C(=O)NCCCC#Cc5cccc6c5n(C)c(=O)n6C5CCC(=O)NC5=O)nc4)ncc23)c2n1CCN(C(C)=O)C2. The predicted molar refractivity (Wildman–Crippen MR) is 214 cm³/mol. The molecule has 4 aromatic heterocycles. The molecule has 6 aromatic rings. The monoisotopic (exact) mass is 763 g/mol. The third-order valence-electron chi connectivity index (χ3n) is 10.8. The van der Waals surface area contributed by atoms with Gasteiger partial charge >= 0.3 is 5.69 Å². The van der Waals surface area contributed by atoms with Gasteiger partial charge in [0.25, 0.3) is 5.91 Å². The Balaban J connectivity index is 0.905. The molecule has 2 aromatic carbocycles. The molecule has 1 saturated heterocycles. The highest BCUT2D eigenvalue weighted by Gasteiger charge is 2.32. The molecule has 0 radical (unpaired) electrons. The van der Waals surface area contributed by atoms with Crippen LogP contribution in [0.1, 0.15) is 73.1 Å². The van der Waals surface area contributed by atoms with Crippen LogP contribution in [0.2, 0.25) is 0 Å². The number of carbonyl (C=O) groups excluding carboxylic acids is 4. The van der Waals surface area contributed by atoms with Gasteiger partial charge in [-0.1, -0.05) is 43.0 Å². The molecule has 2 aliphatic heterocycles. The number of hydrogen-bond donors (Lipinski definition) is 2. The number of aromatic nitrogens is 6. The number of nitrogens with one attached hydrogen (secondary N) is 2. The van der Waals surface area contributed by atoms with Gasteiger partial charge in [0.2, 0.25) is 17.7 Å². The summed E-state index contributed by atoms with van der Waals surface area (Å²) in [6, 6.07) is 16.3. The Morgan fingerprint density at radius 3 is 2.63 bits per heavy atom. The molecule has 288 valence electrons. The van der Waals surface area contributed by atoms with Crippen LogP contribution >= 0.6 is 0 Å².